The summed E-state index contributed by atoms with van der Waals surface area (Å²) in [4.78, 5) is 11.5. The number of rotatable bonds is 5. The van der Waals surface area contributed by atoms with E-state index in [4.69, 9.17) is 23.2 Å². The van der Waals surface area contributed by atoms with Crippen LogP contribution in [-0.4, -0.2) is 35.8 Å². The average molecular weight is 458 g/mol. The number of carbonyl (C=O) groups is 1. The maximum atomic E-state index is 11.5. The molecule has 0 aliphatic carbocycles. The van der Waals surface area contributed by atoms with E-state index in [0.717, 1.165) is 11.1 Å². The van der Waals surface area contributed by atoms with Crippen molar-refractivity contribution < 1.29 is 19.0 Å². The van der Waals surface area contributed by atoms with E-state index >= 15 is 0 Å². The second-order valence-corrected chi connectivity index (χ2v) is 10.7. The molecule has 8 heteroatoms. The molecular weight excluding hydrogens is 433 g/mol. The number of nitrogens with zero attached hydrogens (tertiary/aromatic N) is 1. The van der Waals surface area contributed by atoms with Crippen molar-refractivity contribution in [3.63, 3.8) is 0 Å². The molecule has 0 unspecified atom stereocenters. The largest absolute Gasteiger partial charge is 0.481 e. The highest BCUT2D eigenvalue weighted by Gasteiger charge is 2.49. The number of halogens is 2. The van der Waals surface area contributed by atoms with Crippen LogP contribution in [0.4, 0.5) is 0 Å². The predicted octanol–water partition coefficient (Wildman–Crippen LogP) is 6.44. The molecular formula is C21H25Cl2NO4S. The first kappa shape index (κ1) is 22.4. The lowest BCUT2D eigenvalue weighted by molar-refractivity contribution is -0.137. The Labute approximate surface area is 182 Å². The van der Waals surface area contributed by atoms with Gasteiger partial charge in [-0.1, -0.05) is 47.5 Å². The van der Waals surface area contributed by atoms with Gasteiger partial charge in [0.15, 0.2) is 0 Å². The quantitative estimate of drug-likeness (QED) is 0.480. The van der Waals surface area contributed by atoms with E-state index in [2.05, 4.69) is 0 Å². The maximum Gasteiger partial charge on any atom is 0.305 e. The summed E-state index contributed by atoms with van der Waals surface area (Å²) in [5.41, 5.74) is 1.83. The van der Waals surface area contributed by atoms with Crippen molar-refractivity contribution in [1.29, 1.82) is 0 Å². The zero-order valence-electron chi connectivity index (χ0n) is 16.2. The number of hydrogen-bond acceptors (Lipinski definition) is 4. The van der Waals surface area contributed by atoms with E-state index in [1.54, 1.807) is 22.5 Å². The van der Waals surface area contributed by atoms with E-state index in [9.17, 15) is 19.0 Å². The van der Waals surface area contributed by atoms with Crippen molar-refractivity contribution in [2.24, 2.45) is 0 Å². The third-order valence-electron chi connectivity index (χ3n) is 5.33. The number of carboxylic acids is 1. The summed E-state index contributed by atoms with van der Waals surface area (Å²) in [6.07, 6.45) is 0.0153. The van der Waals surface area contributed by atoms with Gasteiger partial charge in [-0.05, 0) is 55.7 Å². The first-order chi connectivity index (χ1) is 13.6. The highest BCUT2D eigenvalue weighted by atomic mass is 35.5. The zero-order chi connectivity index (χ0) is 21.3. The van der Waals surface area contributed by atoms with Crippen LogP contribution in [0.2, 0.25) is 10.0 Å². The van der Waals surface area contributed by atoms with E-state index in [1.165, 1.54) is 0 Å². The van der Waals surface area contributed by atoms with Crippen molar-refractivity contribution in [1.82, 2.24) is 4.31 Å². The van der Waals surface area contributed by atoms with Crippen LogP contribution in [0.15, 0.2) is 48.5 Å². The molecule has 1 aliphatic heterocycles. The van der Waals surface area contributed by atoms with Crippen molar-refractivity contribution in [2.45, 2.75) is 49.9 Å². The Kier molecular flexibility index (Phi) is 6.83. The van der Waals surface area contributed by atoms with Gasteiger partial charge < -0.3 is 5.11 Å². The van der Waals surface area contributed by atoms with Gasteiger partial charge in [-0.3, -0.25) is 13.9 Å². The van der Waals surface area contributed by atoms with Gasteiger partial charge in [-0.25, -0.2) is 0 Å². The van der Waals surface area contributed by atoms with E-state index in [1.807, 2.05) is 44.2 Å². The summed E-state index contributed by atoms with van der Waals surface area (Å²) >= 11 is 12.3. The second kappa shape index (κ2) is 8.84. The summed E-state index contributed by atoms with van der Waals surface area (Å²) < 4.78 is 24.0. The topological polar surface area (TPSA) is 81.0 Å². The fourth-order valence-corrected chi connectivity index (χ4v) is 6.90. The molecule has 0 saturated carbocycles. The molecule has 0 spiro atoms. The molecule has 0 aromatic heterocycles. The Morgan fingerprint density at radius 1 is 1.10 bits per heavy atom. The fourth-order valence-electron chi connectivity index (χ4n) is 4.17. The minimum atomic E-state index is -3.33. The van der Waals surface area contributed by atoms with Gasteiger partial charge in [0.05, 0.1) is 17.7 Å². The molecule has 1 heterocycles. The zero-order valence-corrected chi connectivity index (χ0v) is 18.5. The molecule has 0 radical (unpaired) electrons. The second-order valence-electron chi connectivity index (χ2n) is 7.63. The van der Waals surface area contributed by atoms with Crippen LogP contribution >= 0.6 is 34.0 Å². The lowest BCUT2D eigenvalue weighted by Gasteiger charge is -2.59. The lowest BCUT2D eigenvalue weighted by atomic mass is 9.82. The summed E-state index contributed by atoms with van der Waals surface area (Å²) in [5.74, 6) is -1.21. The van der Waals surface area contributed by atoms with Gasteiger partial charge in [0, 0.05) is 22.0 Å². The van der Waals surface area contributed by atoms with Crippen LogP contribution in [0, 0.1) is 0 Å². The molecule has 2 aromatic rings. The van der Waals surface area contributed by atoms with Crippen LogP contribution in [0.5, 0.6) is 0 Å². The molecule has 3 N–H and O–H groups in total. The Morgan fingerprint density at radius 3 is 2.31 bits per heavy atom. The lowest BCUT2D eigenvalue weighted by Crippen LogP contribution is -2.49. The number of benzene rings is 2. The van der Waals surface area contributed by atoms with Gasteiger partial charge in [0.1, 0.15) is 0 Å². The Hall–Kier alpha value is -1.28. The first-order valence-corrected chi connectivity index (χ1v) is 11.7. The molecule has 1 aliphatic rings. The minimum Gasteiger partial charge on any atom is -0.481 e. The monoisotopic (exact) mass is 457 g/mol. The Bertz CT molecular complexity index is 875. The molecule has 3 rings (SSSR count). The summed E-state index contributed by atoms with van der Waals surface area (Å²) in [6.45, 7) is 3.77. The SMILES string of the molecule is CC(C)N1[C@H](c2ccc(Cl)cc2)[C@@H](c2cccc(Cl)c2)C[C@H](CC(=O)O)S1(O)O. The summed E-state index contributed by atoms with van der Waals surface area (Å²) in [7, 11) is -3.33. The Morgan fingerprint density at radius 2 is 1.76 bits per heavy atom. The van der Waals surface area contributed by atoms with Gasteiger partial charge in [-0.15, -0.1) is 10.8 Å². The average Bonchev–Trinajstić information content (AvgIpc) is 2.62. The highest BCUT2D eigenvalue weighted by molar-refractivity contribution is 8.22. The summed E-state index contributed by atoms with van der Waals surface area (Å²) in [5, 5.41) is 9.77. The number of carboxylic acid groups (broad SMARTS) is 1. The molecule has 0 amide bonds. The van der Waals surface area contributed by atoms with Crippen molar-refractivity contribution in [3.05, 3.63) is 69.7 Å². The van der Waals surface area contributed by atoms with E-state index in [-0.39, 0.29) is 24.4 Å². The van der Waals surface area contributed by atoms with Gasteiger partial charge in [0.2, 0.25) is 0 Å². The molecule has 158 valence electrons. The van der Waals surface area contributed by atoms with E-state index in [0.29, 0.717) is 16.5 Å². The fraction of sp³-hybridized carbons (Fsp3) is 0.381. The van der Waals surface area contributed by atoms with Gasteiger partial charge >= 0.3 is 5.97 Å². The molecule has 0 bridgehead atoms. The third kappa shape index (κ3) is 4.74. The highest BCUT2D eigenvalue weighted by Crippen LogP contribution is 2.64. The predicted molar refractivity (Wildman–Crippen MR) is 119 cm³/mol. The van der Waals surface area contributed by atoms with Crippen LogP contribution in [0.3, 0.4) is 0 Å². The molecule has 29 heavy (non-hydrogen) atoms. The molecule has 5 nitrogen and oxygen atoms in total. The maximum absolute atomic E-state index is 11.5. The number of aliphatic carboxylic acids is 1. The molecule has 1 fully saturated rings. The number of hydrogen-bond donors (Lipinski definition) is 3. The van der Waals surface area contributed by atoms with Crippen LogP contribution in [-0.2, 0) is 4.79 Å². The van der Waals surface area contributed by atoms with Gasteiger partial charge in [0.25, 0.3) is 0 Å². The van der Waals surface area contributed by atoms with Gasteiger partial charge in [-0.2, -0.15) is 4.31 Å². The minimum absolute atomic E-state index is 0.165. The Balaban J connectivity index is 2.17. The molecule has 3 atom stereocenters. The van der Waals surface area contributed by atoms with Crippen LogP contribution in [0.1, 0.15) is 49.8 Å². The third-order valence-corrected chi connectivity index (χ3v) is 8.34. The standard InChI is InChI=1S/C21H25Cl2NO4S/c1-13(2)24-21(14-6-8-16(22)9-7-14)19(15-4-3-5-17(23)10-15)11-18(12-20(25)26)29(24,27)28/h3-10,13,18-19,21,27-28H,11-12H2,1-2H3,(H,25,26)/t18-,19-,21-/m1/s1. The van der Waals surface area contributed by atoms with Crippen molar-refractivity contribution >= 4 is 39.9 Å². The normalized spacial score (nSPS) is 25.7. The first-order valence-electron chi connectivity index (χ1n) is 9.39. The van der Waals surface area contributed by atoms with Crippen molar-refractivity contribution in [2.75, 3.05) is 0 Å². The van der Waals surface area contributed by atoms with Crippen molar-refractivity contribution in [3.8, 4) is 0 Å². The van der Waals surface area contributed by atoms with Crippen LogP contribution in [0.25, 0.3) is 0 Å². The van der Waals surface area contributed by atoms with Crippen LogP contribution < -0.4 is 0 Å². The summed E-state index contributed by atoms with van der Waals surface area (Å²) in [6, 6.07) is 14.2. The smallest absolute Gasteiger partial charge is 0.305 e. The molecule has 2 aromatic carbocycles. The van der Waals surface area contributed by atoms with E-state index < -0.39 is 22.0 Å². The molecule has 1 saturated heterocycles.